The summed E-state index contributed by atoms with van der Waals surface area (Å²) in [7, 11) is 0. The van der Waals surface area contributed by atoms with E-state index in [1.165, 1.54) is 0 Å². The van der Waals surface area contributed by atoms with E-state index in [4.69, 9.17) is 0 Å². The van der Waals surface area contributed by atoms with Gasteiger partial charge in [0.05, 0.1) is 18.3 Å². The van der Waals surface area contributed by atoms with E-state index in [2.05, 4.69) is 20.6 Å². The first-order chi connectivity index (χ1) is 12.2. The smallest absolute Gasteiger partial charge is 0.228 e. The lowest BCUT2D eigenvalue weighted by molar-refractivity contribution is -0.115. The summed E-state index contributed by atoms with van der Waals surface area (Å²) in [6.07, 6.45) is 5.56. The molecular weight excluding hydrogens is 312 g/mol. The quantitative estimate of drug-likeness (QED) is 0.724. The van der Waals surface area contributed by atoms with Gasteiger partial charge in [0.1, 0.15) is 5.82 Å². The molecule has 1 aromatic carbocycles. The minimum absolute atomic E-state index is 0.0523. The molecule has 2 N–H and O–H groups in total. The van der Waals surface area contributed by atoms with Crippen LogP contribution in [0.15, 0.2) is 67.1 Å². The summed E-state index contributed by atoms with van der Waals surface area (Å²) in [6, 6.07) is 15.5. The average Bonchev–Trinajstić information content (AvgIpc) is 2.62. The van der Waals surface area contributed by atoms with E-state index in [1.54, 1.807) is 12.4 Å². The third kappa shape index (κ3) is 5.14. The molecule has 2 aromatic heterocycles. The second-order valence-corrected chi connectivity index (χ2v) is 5.86. The van der Waals surface area contributed by atoms with E-state index < -0.39 is 0 Å². The van der Waals surface area contributed by atoms with E-state index in [0.29, 0.717) is 18.7 Å². The topological polar surface area (TPSA) is 66.9 Å². The van der Waals surface area contributed by atoms with Gasteiger partial charge in [0.15, 0.2) is 0 Å². The second-order valence-electron chi connectivity index (χ2n) is 5.86. The summed E-state index contributed by atoms with van der Waals surface area (Å²) >= 11 is 0. The zero-order chi connectivity index (χ0) is 17.5. The highest BCUT2D eigenvalue weighted by atomic mass is 16.1. The Labute approximate surface area is 147 Å². The summed E-state index contributed by atoms with van der Waals surface area (Å²) in [6.45, 7) is 2.67. The number of anilines is 2. The maximum atomic E-state index is 12.1. The fourth-order valence-electron chi connectivity index (χ4n) is 2.48. The molecule has 0 fully saturated rings. The van der Waals surface area contributed by atoms with Gasteiger partial charge in [0.2, 0.25) is 5.91 Å². The van der Waals surface area contributed by atoms with E-state index in [0.717, 1.165) is 22.5 Å². The number of aromatic nitrogens is 2. The first-order valence-corrected chi connectivity index (χ1v) is 8.13. The summed E-state index contributed by atoms with van der Waals surface area (Å²) in [5, 5.41) is 6.10. The van der Waals surface area contributed by atoms with Gasteiger partial charge in [-0.1, -0.05) is 35.9 Å². The SMILES string of the molecule is Cc1cccc(CC(=O)Nc2ccc(NCc3cccnc3)nc2)c1. The number of rotatable bonds is 6. The van der Waals surface area contributed by atoms with Gasteiger partial charge >= 0.3 is 0 Å². The van der Waals surface area contributed by atoms with Crippen LogP contribution in [0.5, 0.6) is 0 Å². The number of carbonyl (C=O) groups is 1. The lowest BCUT2D eigenvalue weighted by Crippen LogP contribution is -2.14. The summed E-state index contributed by atoms with van der Waals surface area (Å²) in [4.78, 5) is 20.5. The van der Waals surface area contributed by atoms with E-state index >= 15 is 0 Å². The van der Waals surface area contributed by atoms with Crippen LogP contribution in [-0.4, -0.2) is 15.9 Å². The van der Waals surface area contributed by atoms with Crippen LogP contribution in [0.4, 0.5) is 11.5 Å². The molecule has 126 valence electrons. The molecule has 5 nitrogen and oxygen atoms in total. The minimum atomic E-state index is -0.0523. The number of nitrogens with one attached hydrogen (secondary N) is 2. The molecule has 0 saturated heterocycles. The number of amides is 1. The van der Waals surface area contributed by atoms with Crippen molar-refractivity contribution in [2.24, 2.45) is 0 Å². The molecule has 0 aliphatic carbocycles. The van der Waals surface area contributed by atoms with Crippen molar-refractivity contribution in [3.63, 3.8) is 0 Å². The van der Waals surface area contributed by atoms with Crippen LogP contribution < -0.4 is 10.6 Å². The Bertz CT molecular complexity index is 832. The molecule has 0 bridgehead atoms. The van der Waals surface area contributed by atoms with Crippen LogP contribution in [0.3, 0.4) is 0 Å². The van der Waals surface area contributed by atoms with Gasteiger partial charge in [0.25, 0.3) is 0 Å². The lowest BCUT2D eigenvalue weighted by Gasteiger charge is -2.08. The van der Waals surface area contributed by atoms with Gasteiger partial charge in [-0.05, 0) is 36.2 Å². The van der Waals surface area contributed by atoms with E-state index in [9.17, 15) is 4.79 Å². The highest BCUT2D eigenvalue weighted by Gasteiger charge is 2.05. The van der Waals surface area contributed by atoms with Crippen LogP contribution >= 0.6 is 0 Å². The number of hydrogen-bond donors (Lipinski definition) is 2. The fraction of sp³-hybridized carbons (Fsp3) is 0.150. The van der Waals surface area contributed by atoms with Crippen LogP contribution in [0.2, 0.25) is 0 Å². The van der Waals surface area contributed by atoms with Crippen LogP contribution in [0, 0.1) is 6.92 Å². The van der Waals surface area contributed by atoms with Crippen molar-refractivity contribution in [2.45, 2.75) is 19.9 Å². The van der Waals surface area contributed by atoms with Crippen molar-refractivity contribution < 1.29 is 4.79 Å². The highest BCUT2D eigenvalue weighted by molar-refractivity contribution is 5.92. The second kappa shape index (κ2) is 8.06. The molecule has 0 spiro atoms. The van der Waals surface area contributed by atoms with Gasteiger partial charge in [0, 0.05) is 18.9 Å². The standard InChI is InChI=1S/C20H20N4O/c1-15-4-2-5-16(10-15)11-20(25)24-18-7-8-19(23-14-18)22-13-17-6-3-9-21-12-17/h2-10,12,14H,11,13H2,1H3,(H,22,23)(H,24,25). The molecule has 2 heterocycles. The number of aryl methyl sites for hydroxylation is 1. The molecule has 0 aliphatic heterocycles. The Morgan fingerprint density at radius 1 is 1.04 bits per heavy atom. The molecular formula is C20H20N4O. The first-order valence-electron chi connectivity index (χ1n) is 8.13. The molecule has 0 aliphatic rings. The van der Waals surface area contributed by atoms with Gasteiger partial charge in [-0.15, -0.1) is 0 Å². The Balaban J connectivity index is 1.52. The number of hydrogen-bond acceptors (Lipinski definition) is 4. The van der Waals surface area contributed by atoms with Crippen molar-refractivity contribution in [1.29, 1.82) is 0 Å². The minimum Gasteiger partial charge on any atom is -0.366 e. The van der Waals surface area contributed by atoms with Gasteiger partial charge in [-0.25, -0.2) is 4.98 Å². The van der Waals surface area contributed by atoms with Crippen molar-refractivity contribution in [1.82, 2.24) is 9.97 Å². The number of pyridine rings is 2. The molecule has 3 aromatic rings. The summed E-state index contributed by atoms with van der Waals surface area (Å²) in [5.41, 5.74) is 3.92. The van der Waals surface area contributed by atoms with Crippen molar-refractivity contribution in [3.8, 4) is 0 Å². The Hall–Kier alpha value is -3.21. The maximum Gasteiger partial charge on any atom is 0.228 e. The van der Waals surface area contributed by atoms with Crippen LogP contribution in [0.1, 0.15) is 16.7 Å². The average molecular weight is 332 g/mol. The largest absolute Gasteiger partial charge is 0.366 e. The Morgan fingerprint density at radius 2 is 1.92 bits per heavy atom. The van der Waals surface area contributed by atoms with Gasteiger partial charge in [-0.3, -0.25) is 9.78 Å². The van der Waals surface area contributed by atoms with Crippen molar-refractivity contribution >= 4 is 17.4 Å². The van der Waals surface area contributed by atoms with Crippen LogP contribution in [0.25, 0.3) is 0 Å². The van der Waals surface area contributed by atoms with Gasteiger partial charge in [-0.2, -0.15) is 0 Å². The summed E-state index contributed by atoms with van der Waals surface area (Å²) in [5.74, 6) is 0.698. The lowest BCUT2D eigenvalue weighted by atomic mass is 10.1. The number of benzene rings is 1. The fourth-order valence-corrected chi connectivity index (χ4v) is 2.48. The monoisotopic (exact) mass is 332 g/mol. The molecule has 1 amide bonds. The first kappa shape index (κ1) is 16.6. The van der Waals surface area contributed by atoms with E-state index in [1.807, 2.05) is 61.7 Å². The predicted octanol–water partition coefficient (Wildman–Crippen LogP) is 3.58. The molecule has 0 atom stereocenters. The third-order valence-electron chi connectivity index (χ3n) is 3.69. The van der Waals surface area contributed by atoms with Gasteiger partial charge < -0.3 is 10.6 Å². The number of nitrogens with zero attached hydrogens (tertiary/aromatic N) is 2. The zero-order valence-electron chi connectivity index (χ0n) is 14.1. The molecule has 25 heavy (non-hydrogen) atoms. The third-order valence-corrected chi connectivity index (χ3v) is 3.69. The van der Waals surface area contributed by atoms with Crippen LogP contribution in [-0.2, 0) is 17.8 Å². The molecule has 5 heteroatoms. The molecule has 0 unspecified atom stereocenters. The highest BCUT2D eigenvalue weighted by Crippen LogP contribution is 2.12. The molecule has 3 rings (SSSR count). The van der Waals surface area contributed by atoms with Crippen molar-refractivity contribution in [2.75, 3.05) is 10.6 Å². The van der Waals surface area contributed by atoms with Crippen molar-refractivity contribution in [3.05, 3.63) is 83.8 Å². The molecule has 0 saturated carbocycles. The maximum absolute atomic E-state index is 12.1. The molecule has 0 radical (unpaired) electrons. The predicted molar refractivity (Wildman–Crippen MR) is 99.3 cm³/mol. The normalized spacial score (nSPS) is 10.3. The summed E-state index contributed by atoms with van der Waals surface area (Å²) < 4.78 is 0. The van der Waals surface area contributed by atoms with E-state index in [-0.39, 0.29) is 5.91 Å². The number of carbonyl (C=O) groups excluding carboxylic acids is 1. The Morgan fingerprint density at radius 3 is 2.64 bits per heavy atom. The Kier molecular flexibility index (Phi) is 5.36. The zero-order valence-corrected chi connectivity index (χ0v) is 14.1.